The van der Waals surface area contributed by atoms with Gasteiger partial charge in [-0.3, -0.25) is 0 Å². The summed E-state index contributed by atoms with van der Waals surface area (Å²) in [4.78, 5) is 0.261. The van der Waals surface area contributed by atoms with Crippen LogP contribution < -0.4 is 5.73 Å². The van der Waals surface area contributed by atoms with E-state index in [-0.39, 0.29) is 4.90 Å². The molecule has 3 nitrogen and oxygen atoms in total. The van der Waals surface area contributed by atoms with E-state index >= 15 is 0 Å². The second kappa shape index (κ2) is 4.63. The number of nitrogens with two attached hydrogens (primary N) is 1. The smallest absolute Gasteiger partial charge is 0.176 e. The molecule has 0 unspecified atom stereocenters. The standard InChI is InChI=1S/C13H12ClNO2S/c1-18(16,17)13-5-3-2-4-11(13)10-7-6-9(15)8-12(10)14/h2-8H,15H2,1H3. The lowest BCUT2D eigenvalue weighted by Crippen LogP contribution is -2.00. The minimum absolute atomic E-state index is 0.261. The summed E-state index contributed by atoms with van der Waals surface area (Å²) >= 11 is 6.11. The highest BCUT2D eigenvalue weighted by molar-refractivity contribution is 7.90. The van der Waals surface area contributed by atoms with E-state index in [4.69, 9.17) is 17.3 Å². The van der Waals surface area contributed by atoms with Crippen molar-refractivity contribution in [2.24, 2.45) is 0 Å². The second-order valence-corrected chi connectivity index (χ2v) is 6.40. The molecular weight excluding hydrogens is 270 g/mol. The summed E-state index contributed by atoms with van der Waals surface area (Å²) in [6.45, 7) is 0. The molecule has 0 saturated heterocycles. The molecule has 0 aliphatic heterocycles. The number of anilines is 1. The van der Waals surface area contributed by atoms with Crippen LogP contribution in [0.4, 0.5) is 5.69 Å². The van der Waals surface area contributed by atoms with E-state index in [0.29, 0.717) is 21.8 Å². The Hall–Kier alpha value is -1.52. The molecule has 2 N–H and O–H groups in total. The van der Waals surface area contributed by atoms with E-state index in [2.05, 4.69) is 0 Å². The molecule has 0 fully saturated rings. The predicted molar refractivity (Wildman–Crippen MR) is 74.4 cm³/mol. The molecule has 18 heavy (non-hydrogen) atoms. The number of hydrogen-bond acceptors (Lipinski definition) is 3. The Kier molecular flexibility index (Phi) is 3.32. The Morgan fingerprint density at radius 3 is 2.33 bits per heavy atom. The SMILES string of the molecule is CS(=O)(=O)c1ccccc1-c1ccc(N)cc1Cl. The van der Waals surface area contributed by atoms with Crippen molar-refractivity contribution in [3.05, 3.63) is 47.5 Å². The molecule has 0 aliphatic rings. The van der Waals surface area contributed by atoms with Crippen molar-refractivity contribution in [2.75, 3.05) is 12.0 Å². The summed E-state index contributed by atoms with van der Waals surface area (Å²) in [5.41, 5.74) is 7.42. The number of hydrogen-bond donors (Lipinski definition) is 1. The van der Waals surface area contributed by atoms with Crippen molar-refractivity contribution in [3.8, 4) is 11.1 Å². The first-order valence-corrected chi connectivity index (χ1v) is 7.51. The van der Waals surface area contributed by atoms with Gasteiger partial charge in [-0.2, -0.15) is 0 Å². The molecule has 0 radical (unpaired) electrons. The van der Waals surface area contributed by atoms with Crippen molar-refractivity contribution in [1.82, 2.24) is 0 Å². The lowest BCUT2D eigenvalue weighted by Gasteiger charge is -2.10. The van der Waals surface area contributed by atoms with Crippen LogP contribution in [0.2, 0.25) is 5.02 Å². The van der Waals surface area contributed by atoms with Crippen LogP contribution in [0, 0.1) is 0 Å². The van der Waals surface area contributed by atoms with Crippen LogP contribution in [0.1, 0.15) is 0 Å². The van der Waals surface area contributed by atoms with Gasteiger partial charge in [-0.25, -0.2) is 8.42 Å². The van der Waals surface area contributed by atoms with Gasteiger partial charge in [-0.15, -0.1) is 0 Å². The Morgan fingerprint density at radius 2 is 1.72 bits per heavy atom. The molecule has 94 valence electrons. The molecule has 2 rings (SSSR count). The maximum absolute atomic E-state index is 11.7. The highest BCUT2D eigenvalue weighted by atomic mass is 35.5. The van der Waals surface area contributed by atoms with Crippen molar-refractivity contribution < 1.29 is 8.42 Å². The van der Waals surface area contributed by atoms with E-state index in [1.807, 2.05) is 0 Å². The van der Waals surface area contributed by atoms with Gasteiger partial charge in [0.2, 0.25) is 0 Å². The highest BCUT2D eigenvalue weighted by Gasteiger charge is 2.15. The molecule has 0 amide bonds. The summed E-state index contributed by atoms with van der Waals surface area (Å²) in [7, 11) is -3.30. The minimum atomic E-state index is -3.30. The molecule has 0 aromatic heterocycles. The summed E-state index contributed by atoms with van der Waals surface area (Å²) in [6, 6.07) is 11.8. The summed E-state index contributed by atoms with van der Waals surface area (Å²) in [6.07, 6.45) is 1.18. The van der Waals surface area contributed by atoms with Crippen LogP contribution in [0.25, 0.3) is 11.1 Å². The van der Waals surface area contributed by atoms with Crippen LogP contribution in [-0.2, 0) is 9.84 Å². The number of sulfone groups is 1. The van der Waals surface area contributed by atoms with Crippen LogP contribution >= 0.6 is 11.6 Å². The van der Waals surface area contributed by atoms with Crippen molar-refractivity contribution in [1.29, 1.82) is 0 Å². The summed E-state index contributed by atoms with van der Waals surface area (Å²) < 4.78 is 23.5. The topological polar surface area (TPSA) is 60.2 Å². The fourth-order valence-corrected chi connectivity index (χ4v) is 2.96. The average molecular weight is 282 g/mol. The third-order valence-corrected chi connectivity index (χ3v) is 4.04. The Bertz CT molecular complexity index is 696. The van der Waals surface area contributed by atoms with E-state index in [1.165, 1.54) is 6.26 Å². The number of benzene rings is 2. The molecule has 0 atom stereocenters. The lowest BCUT2D eigenvalue weighted by molar-refractivity contribution is 0.602. The van der Waals surface area contributed by atoms with Crippen LogP contribution in [0.3, 0.4) is 0 Å². The fourth-order valence-electron chi connectivity index (χ4n) is 1.76. The molecule has 0 saturated carbocycles. The molecule has 0 heterocycles. The average Bonchev–Trinajstić information content (AvgIpc) is 2.28. The fraction of sp³-hybridized carbons (Fsp3) is 0.0769. The van der Waals surface area contributed by atoms with Crippen LogP contribution in [0.5, 0.6) is 0 Å². The Morgan fingerprint density at radius 1 is 1.06 bits per heavy atom. The maximum Gasteiger partial charge on any atom is 0.176 e. The minimum Gasteiger partial charge on any atom is -0.399 e. The number of nitrogen functional groups attached to an aromatic ring is 1. The van der Waals surface area contributed by atoms with Gasteiger partial charge in [0.1, 0.15) is 0 Å². The number of halogens is 1. The zero-order chi connectivity index (χ0) is 13.3. The molecule has 5 heteroatoms. The van der Waals surface area contributed by atoms with Gasteiger partial charge in [-0.1, -0.05) is 35.9 Å². The first-order valence-electron chi connectivity index (χ1n) is 5.24. The van der Waals surface area contributed by atoms with Gasteiger partial charge in [0.15, 0.2) is 9.84 Å². The van der Waals surface area contributed by atoms with Crippen LogP contribution in [-0.4, -0.2) is 14.7 Å². The first kappa shape index (κ1) is 12.9. The van der Waals surface area contributed by atoms with E-state index in [9.17, 15) is 8.42 Å². The largest absolute Gasteiger partial charge is 0.399 e. The maximum atomic E-state index is 11.7. The first-order chi connectivity index (χ1) is 8.39. The molecule has 2 aromatic carbocycles. The quantitative estimate of drug-likeness (QED) is 0.861. The Balaban J connectivity index is 2.72. The monoisotopic (exact) mass is 281 g/mol. The van der Waals surface area contributed by atoms with Gasteiger partial charge in [0.25, 0.3) is 0 Å². The van der Waals surface area contributed by atoms with Gasteiger partial charge in [-0.05, 0) is 18.2 Å². The normalized spacial score (nSPS) is 11.4. The van der Waals surface area contributed by atoms with Gasteiger partial charge in [0.05, 0.1) is 9.92 Å². The third-order valence-electron chi connectivity index (χ3n) is 2.57. The summed E-state index contributed by atoms with van der Waals surface area (Å²) in [5, 5.41) is 0.436. The van der Waals surface area contributed by atoms with Gasteiger partial charge < -0.3 is 5.73 Å². The van der Waals surface area contributed by atoms with Crippen molar-refractivity contribution in [2.45, 2.75) is 4.90 Å². The number of rotatable bonds is 2. The highest BCUT2D eigenvalue weighted by Crippen LogP contribution is 2.33. The molecule has 0 bridgehead atoms. The zero-order valence-electron chi connectivity index (χ0n) is 9.72. The van der Waals surface area contributed by atoms with E-state index < -0.39 is 9.84 Å². The summed E-state index contributed by atoms with van der Waals surface area (Å²) in [5.74, 6) is 0. The third kappa shape index (κ3) is 2.49. The van der Waals surface area contributed by atoms with E-state index in [1.54, 1.807) is 42.5 Å². The molecule has 0 spiro atoms. The van der Waals surface area contributed by atoms with Gasteiger partial charge >= 0.3 is 0 Å². The lowest BCUT2D eigenvalue weighted by atomic mass is 10.1. The molecule has 0 aliphatic carbocycles. The molecular formula is C13H12ClNO2S. The van der Waals surface area contributed by atoms with Crippen LogP contribution in [0.15, 0.2) is 47.4 Å². The van der Waals surface area contributed by atoms with Crippen molar-refractivity contribution in [3.63, 3.8) is 0 Å². The van der Waals surface area contributed by atoms with E-state index in [0.717, 1.165) is 0 Å². The Labute approximate surface area is 111 Å². The molecule has 2 aromatic rings. The second-order valence-electron chi connectivity index (χ2n) is 4.01. The van der Waals surface area contributed by atoms with Crippen molar-refractivity contribution >= 4 is 27.1 Å². The zero-order valence-corrected chi connectivity index (χ0v) is 11.3. The predicted octanol–water partition coefficient (Wildman–Crippen LogP) is 2.99. The van der Waals surface area contributed by atoms with Gasteiger partial charge in [0, 0.05) is 23.1 Å².